The number of thioether (sulfide) groups is 1. The highest BCUT2D eigenvalue weighted by atomic mass is 32.2. The summed E-state index contributed by atoms with van der Waals surface area (Å²) in [5.41, 5.74) is 0.961. The molecule has 0 unspecified atom stereocenters. The molecule has 2 aliphatic rings. The predicted octanol–water partition coefficient (Wildman–Crippen LogP) is 3.54. The van der Waals surface area contributed by atoms with E-state index in [9.17, 15) is 4.79 Å². The van der Waals surface area contributed by atoms with Crippen LogP contribution in [0.25, 0.3) is 6.08 Å². The first kappa shape index (κ1) is 15.2. The summed E-state index contributed by atoms with van der Waals surface area (Å²) in [5.74, 6) is 0.658. The Bertz CT molecular complexity index is 617. The molecule has 3 rings (SSSR count). The van der Waals surface area contributed by atoms with E-state index in [4.69, 9.17) is 4.74 Å². The normalized spacial score (nSPS) is 21.0. The van der Waals surface area contributed by atoms with Gasteiger partial charge in [-0.2, -0.15) is 4.99 Å². The molecule has 2 aliphatic heterocycles. The van der Waals surface area contributed by atoms with Gasteiger partial charge in [0, 0.05) is 13.1 Å². The standard InChI is InChI=1S/C17H20N2O2S/c1-21-14-8-6-7-13(11-14)12-15-16(20)18-17(22-15)19-9-4-2-3-5-10-19/h6-8,11-12H,2-5,9-10H2,1H3. The molecule has 0 atom stereocenters. The summed E-state index contributed by atoms with van der Waals surface area (Å²) in [6.45, 7) is 2.01. The molecule has 0 aromatic heterocycles. The van der Waals surface area contributed by atoms with Gasteiger partial charge in [0.05, 0.1) is 12.0 Å². The van der Waals surface area contributed by atoms with Gasteiger partial charge in [-0.1, -0.05) is 25.0 Å². The summed E-state index contributed by atoms with van der Waals surface area (Å²) in [6, 6.07) is 7.70. The number of methoxy groups -OCH3 is 1. The lowest BCUT2D eigenvalue weighted by Crippen LogP contribution is -2.28. The van der Waals surface area contributed by atoms with Crippen LogP contribution < -0.4 is 4.74 Å². The molecular weight excluding hydrogens is 296 g/mol. The molecular formula is C17H20N2O2S. The first-order chi connectivity index (χ1) is 10.8. The minimum Gasteiger partial charge on any atom is -0.497 e. The maximum absolute atomic E-state index is 12.1. The highest BCUT2D eigenvalue weighted by Crippen LogP contribution is 2.31. The van der Waals surface area contributed by atoms with Crippen LogP contribution >= 0.6 is 11.8 Å². The molecule has 0 saturated carbocycles. The summed E-state index contributed by atoms with van der Waals surface area (Å²) in [7, 11) is 1.64. The molecule has 0 radical (unpaired) electrons. The van der Waals surface area contributed by atoms with Gasteiger partial charge in [-0.05, 0) is 48.4 Å². The monoisotopic (exact) mass is 316 g/mol. The number of rotatable bonds is 2. The fraction of sp³-hybridized carbons (Fsp3) is 0.412. The number of hydrogen-bond acceptors (Lipinski definition) is 4. The van der Waals surface area contributed by atoms with Crippen LogP contribution in [0.2, 0.25) is 0 Å². The van der Waals surface area contributed by atoms with Crippen molar-refractivity contribution < 1.29 is 9.53 Å². The lowest BCUT2D eigenvalue weighted by Gasteiger charge is -2.20. The average molecular weight is 316 g/mol. The van der Waals surface area contributed by atoms with Gasteiger partial charge >= 0.3 is 0 Å². The van der Waals surface area contributed by atoms with Gasteiger partial charge in [-0.15, -0.1) is 0 Å². The van der Waals surface area contributed by atoms with Gasteiger partial charge in [0.2, 0.25) is 0 Å². The topological polar surface area (TPSA) is 41.9 Å². The lowest BCUT2D eigenvalue weighted by atomic mass is 10.2. The molecule has 4 nitrogen and oxygen atoms in total. The summed E-state index contributed by atoms with van der Waals surface area (Å²) in [4.78, 5) is 19.3. The third-order valence-corrected chi connectivity index (χ3v) is 4.92. The van der Waals surface area contributed by atoms with Crippen LogP contribution in [0.3, 0.4) is 0 Å². The molecule has 116 valence electrons. The van der Waals surface area contributed by atoms with Gasteiger partial charge in [-0.3, -0.25) is 4.79 Å². The second-order valence-corrected chi connectivity index (χ2v) is 6.50. The molecule has 1 amide bonds. The van der Waals surface area contributed by atoms with E-state index in [0.717, 1.165) is 29.6 Å². The number of nitrogens with zero attached hydrogens (tertiary/aromatic N) is 2. The Morgan fingerprint density at radius 2 is 2.00 bits per heavy atom. The van der Waals surface area contributed by atoms with Crippen molar-refractivity contribution in [1.82, 2.24) is 4.90 Å². The fourth-order valence-electron chi connectivity index (χ4n) is 2.68. The Labute approximate surface area is 135 Å². The van der Waals surface area contributed by atoms with E-state index in [1.165, 1.54) is 37.4 Å². The van der Waals surface area contributed by atoms with Crippen molar-refractivity contribution in [2.45, 2.75) is 25.7 Å². The zero-order valence-electron chi connectivity index (χ0n) is 12.7. The van der Waals surface area contributed by atoms with Crippen LogP contribution in [0, 0.1) is 0 Å². The maximum Gasteiger partial charge on any atom is 0.286 e. The van der Waals surface area contributed by atoms with E-state index >= 15 is 0 Å². The van der Waals surface area contributed by atoms with Crippen molar-refractivity contribution >= 4 is 28.9 Å². The van der Waals surface area contributed by atoms with Crippen LogP contribution in [-0.2, 0) is 4.79 Å². The third-order valence-electron chi connectivity index (χ3n) is 3.88. The molecule has 1 fully saturated rings. The number of carbonyl (C=O) groups excluding carboxylic acids is 1. The van der Waals surface area contributed by atoms with Crippen molar-refractivity contribution in [3.63, 3.8) is 0 Å². The first-order valence-corrected chi connectivity index (χ1v) is 8.49. The fourth-order valence-corrected chi connectivity index (χ4v) is 3.64. The van der Waals surface area contributed by atoms with Crippen LogP contribution in [0.5, 0.6) is 5.75 Å². The van der Waals surface area contributed by atoms with Crippen LogP contribution in [0.15, 0.2) is 34.2 Å². The number of carbonyl (C=O) groups is 1. The lowest BCUT2D eigenvalue weighted by molar-refractivity contribution is -0.113. The minimum absolute atomic E-state index is 0.132. The zero-order valence-corrected chi connectivity index (χ0v) is 13.6. The highest BCUT2D eigenvalue weighted by molar-refractivity contribution is 8.18. The maximum atomic E-state index is 12.1. The second kappa shape index (κ2) is 7.01. The van der Waals surface area contributed by atoms with Gasteiger partial charge in [-0.25, -0.2) is 0 Å². The Kier molecular flexibility index (Phi) is 4.83. The number of hydrogen-bond donors (Lipinski definition) is 0. The largest absolute Gasteiger partial charge is 0.497 e. The molecule has 1 aromatic carbocycles. The zero-order chi connectivity index (χ0) is 15.4. The number of benzene rings is 1. The van der Waals surface area contributed by atoms with Gasteiger partial charge in [0.25, 0.3) is 5.91 Å². The van der Waals surface area contributed by atoms with Crippen LogP contribution in [-0.4, -0.2) is 36.2 Å². The molecule has 22 heavy (non-hydrogen) atoms. The van der Waals surface area contributed by atoms with E-state index in [2.05, 4.69) is 9.89 Å². The molecule has 0 bridgehead atoms. The van der Waals surface area contributed by atoms with Crippen molar-refractivity contribution in [2.24, 2.45) is 4.99 Å². The highest BCUT2D eigenvalue weighted by Gasteiger charge is 2.26. The summed E-state index contributed by atoms with van der Waals surface area (Å²) in [6.07, 6.45) is 6.80. The molecule has 0 N–H and O–H groups in total. The van der Waals surface area contributed by atoms with Crippen molar-refractivity contribution in [2.75, 3.05) is 20.2 Å². The quantitative estimate of drug-likeness (QED) is 0.783. The smallest absolute Gasteiger partial charge is 0.286 e. The number of amidine groups is 1. The van der Waals surface area contributed by atoms with E-state index in [-0.39, 0.29) is 5.91 Å². The molecule has 0 spiro atoms. The van der Waals surface area contributed by atoms with E-state index < -0.39 is 0 Å². The Morgan fingerprint density at radius 1 is 1.23 bits per heavy atom. The molecule has 2 heterocycles. The van der Waals surface area contributed by atoms with Crippen molar-refractivity contribution in [3.05, 3.63) is 34.7 Å². The number of likely N-dealkylation sites (tertiary alicyclic amines) is 1. The molecule has 1 aromatic rings. The van der Waals surface area contributed by atoms with E-state index in [1.807, 2.05) is 30.3 Å². The Hall–Kier alpha value is -1.75. The molecule has 0 aliphatic carbocycles. The Morgan fingerprint density at radius 3 is 2.73 bits per heavy atom. The number of ether oxygens (including phenoxy) is 1. The van der Waals surface area contributed by atoms with Gasteiger partial charge < -0.3 is 9.64 Å². The molecule has 1 saturated heterocycles. The number of aliphatic imine (C=N–C) groups is 1. The minimum atomic E-state index is -0.132. The summed E-state index contributed by atoms with van der Waals surface area (Å²) >= 11 is 1.49. The third kappa shape index (κ3) is 3.53. The van der Waals surface area contributed by atoms with Gasteiger partial charge in [0.1, 0.15) is 5.75 Å². The average Bonchev–Trinajstić information content (AvgIpc) is 2.76. The predicted molar refractivity (Wildman–Crippen MR) is 91.0 cm³/mol. The number of amides is 1. The summed E-state index contributed by atoms with van der Waals surface area (Å²) in [5, 5.41) is 0.862. The SMILES string of the molecule is COc1cccc(C=C2SC(N3CCCCCC3)=NC2=O)c1. The van der Waals surface area contributed by atoms with E-state index in [1.54, 1.807) is 7.11 Å². The van der Waals surface area contributed by atoms with Gasteiger partial charge in [0.15, 0.2) is 5.17 Å². The van der Waals surface area contributed by atoms with Crippen LogP contribution in [0.4, 0.5) is 0 Å². The van der Waals surface area contributed by atoms with E-state index in [0.29, 0.717) is 4.91 Å². The second-order valence-electron chi connectivity index (χ2n) is 5.49. The molecule has 5 heteroatoms. The Balaban J connectivity index is 1.74. The van der Waals surface area contributed by atoms with Crippen molar-refractivity contribution in [1.29, 1.82) is 0 Å². The van der Waals surface area contributed by atoms with Crippen LogP contribution in [0.1, 0.15) is 31.2 Å². The van der Waals surface area contributed by atoms with Crippen molar-refractivity contribution in [3.8, 4) is 5.75 Å². The summed E-state index contributed by atoms with van der Waals surface area (Å²) < 4.78 is 5.22. The first-order valence-electron chi connectivity index (χ1n) is 7.68.